The molecule has 1 aromatic carbocycles. The number of aliphatic imine (C=N–C) groups is 1. The molecule has 4 N–H and O–H groups in total. The fourth-order valence-electron chi connectivity index (χ4n) is 3.05. The lowest BCUT2D eigenvalue weighted by Gasteiger charge is -2.33. The van der Waals surface area contributed by atoms with E-state index in [1.165, 1.54) is 17.2 Å². The third kappa shape index (κ3) is 3.78. The van der Waals surface area contributed by atoms with Crippen molar-refractivity contribution < 1.29 is 9.59 Å². The minimum atomic E-state index is -0.774. The highest BCUT2D eigenvalue weighted by Crippen LogP contribution is 2.33. The molecule has 0 fully saturated rings. The van der Waals surface area contributed by atoms with Crippen LogP contribution in [0, 0.1) is 0 Å². The van der Waals surface area contributed by atoms with Crippen LogP contribution in [-0.2, 0) is 16.8 Å². The Morgan fingerprint density at radius 3 is 2.74 bits per heavy atom. The molecule has 0 saturated heterocycles. The topological polar surface area (TPSA) is 115 Å². The Morgan fingerprint density at radius 1 is 1.33 bits per heavy atom. The molecular weight excluding hydrogens is 366 g/mol. The Labute approximate surface area is 162 Å². The van der Waals surface area contributed by atoms with Gasteiger partial charge in [-0.1, -0.05) is 35.9 Å². The van der Waals surface area contributed by atoms with E-state index in [1.807, 2.05) is 31.2 Å². The Balaban J connectivity index is 1.88. The Bertz CT molecular complexity index is 959. The molecule has 0 bridgehead atoms. The van der Waals surface area contributed by atoms with Crippen molar-refractivity contribution in [3.05, 3.63) is 58.4 Å². The third-order valence-corrected chi connectivity index (χ3v) is 4.84. The summed E-state index contributed by atoms with van der Waals surface area (Å²) in [4.78, 5) is 34.6. The summed E-state index contributed by atoms with van der Waals surface area (Å²) in [6, 6.07) is 8.90. The largest absolute Gasteiger partial charge is 0.397 e. The summed E-state index contributed by atoms with van der Waals surface area (Å²) in [5, 5.41) is 0.376. The van der Waals surface area contributed by atoms with Crippen LogP contribution in [0.5, 0.6) is 0 Å². The van der Waals surface area contributed by atoms with Crippen LogP contribution in [0.1, 0.15) is 35.0 Å². The normalized spacial score (nSPS) is 19.7. The standard InChI is InChI=1S/C19H20ClN5O2/c1-19(9-16(27)25(2)18(22)24-19)12-5-3-4-11(6-12)7-15(26)17-14(21)8-13(20)10-23-17/h3-6,8,10H,7,9,21H2,1-2H3,(H2,22,24). The fourth-order valence-corrected chi connectivity index (χ4v) is 3.21. The smallest absolute Gasteiger partial charge is 0.231 e. The molecule has 0 spiro atoms. The first-order chi connectivity index (χ1) is 12.7. The van der Waals surface area contributed by atoms with Crippen molar-refractivity contribution in [2.75, 3.05) is 12.8 Å². The zero-order valence-corrected chi connectivity index (χ0v) is 15.8. The number of benzene rings is 1. The van der Waals surface area contributed by atoms with Gasteiger partial charge in [0.25, 0.3) is 0 Å². The van der Waals surface area contributed by atoms with E-state index in [2.05, 4.69) is 9.98 Å². The van der Waals surface area contributed by atoms with Crippen LogP contribution in [0.3, 0.4) is 0 Å². The van der Waals surface area contributed by atoms with Gasteiger partial charge in [-0.05, 0) is 24.1 Å². The second kappa shape index (κ2) is 7.00. The van der Waals surface area contributed by atoms with E-state index in [0.717, 1.165) is 11.1 Å². The van der Waals surface area contributed by atoms with E-state index in [9.17, 15) is 9.59 Å². The maximum absolute atomic E-state index is 12.6. The summed E-state index contributed by atoms with van der Waals surface area (Å²) in [6.07, 6.45) is 1.72. The van der Waals surface area contributed by atoms with E-state index in [4.69, 9.17) is 23.1 Å². The number of hydrogen-bond donors (Lipinski definition) is 2. The molecule has 27 heavy (non-hydrogen) atoms. The second-order valence-corrected chi connectivity index (χ2v) is 7.20. The predicted molar refractivity (Wildman–Crippen MR) is 104 cm³/mol. The first-order valence-electron chi connectivity index (χ1n) is 8.35. The van der Waals surface area contributed by atoms with E-state index < -0.39 is 5.54 Å². The number of guanidine groups is 1. The van der Waals surface area contributed by atoms with Crippen molar-refractivity contribution in [3.8, 4) is 0 Å². The molecule has 2 heterocycles. The van der Waals surface area contributed by atoms with E-state index in [-0.39, 0.29) is 41.9 Å². The van der Waals surface area contributed by atoms with Crippen molar-refractivity contribution in [1.29, 1.82) is 0 Å². The Kier molecular flexibility index (Phi) is 4.89. The zero-order valence-electron chi connectivity index (χ0n) is 15.1. The number of rotatable bonds is 4. The SMILES string of the molecule is CN1C(=O)CC(C)(c2cccc(CC(=O)c3ncc(Cl)cc3N)c2)N=C1N. The van der Waals surface area contributed by atoms with Gasteiger partial charge in [-0.3, -0.25) is 14.5 Å². The van der Waals surface area contributed by atoms with Crippen LogP contribution in [0.25, 0.3) is 0 Å². The van der Waals surface area contributed by atoms with Gasteiger partial charge in [-0.25, -0.2) is 9.98 Å². The number of carbonyl (C=O) groups is 2. The average molecular weight is 386 g/mol. The van der Waals surface area contributed by atoms with Crippen LogP contribution in [0.4, 0.5) is 5.69 Å². The second-order valence-electron chi connectivity index (χ2n) is 6.77. The summed E-state index contributed by atoms with van der Waals surface area (Å²) in [6.45, 7) is 1.85. The number of Topliss-reactive ketones (excluding diaryl/α,β-unsaturated/α-hetero) is 1. The molecule has 1 amide bonds. The van der Waals surface area contributed by atoms with Gasteiger partial charge in [0.05, 0.1) is 22.7 Å². The van der Waals surface area contributed by atoms with Crippen LogP contribution in [0.2, 0.25) is 5.02 Å². The number of ketones is 1. The molecule has 0 radical (unpaired) electrons. The predicted octanol–water partition coefficient (Wildman–Crippen LogP) is 2.13. The van der Waals surface area contributed by atoms with Gasteiger partial charge in [-0.2, -0.15) is 0 Å². The van der Waals surface area contributed by atoms with Gasteiger partial charge in [0.2, 0.25) is 5.91 Å². The first kappa shape index (κ1) is 18.8. The highest BCUT2D eigenvalue weighted by atomic mass is 35.5. The van der Waals surface area contributed by atoms with E-state index in [0.29, 0.717) is 5.02 Å². The molecule has 140 valence electrons. The number of hydrogen-bond acceptors (Lipinski definition) is 6. The monoisotopic (exact) mass is 385 g/mol. The summed E-state index contributed by atoms with van der Waals surface area (Å²) in [5.74, 6) is -0.146. The average Bonchev–Trinajstić information content (AvgIpc) is 2.59. The fraction of sp³-hybridized carbons (Fsp3) is 0.263. The number of nitrogen functional groups attached to an aromatic ring is 1. The van der Waals surface area contributed by atoms with E-state index >= 15 is 0 Å². The first-order valence-corrected chi connectivity index (χ1v) is 8.73. The number of aromatic nitrogens is 1. The summed E-state index contributed by atoms with van der Waals surface area (Å²) >= 11 is 5.83. The highest BCUT2D eigenvalue weighted by molar-refractivity contribution is 6.30. The number of amides is 1. The van der Waals surface area contributed by atoms with Crippen molar-refractivity contribution in [1.82, 2.24) is 9.88 Å². The molecule has 8 heteroatoms. The molecule has 1 unspecified atom stereocenters. The van der Waals surface area contributed by atoms with Gasteiger partial charge in [-0.15, -0.1) is 0 Å². The number of halogens is 1. The van der Waals surface area contributed by atoms with Gasteiger partial charge in [0, 0.05) is 19.7 Å². The number of nitrogens with zero attached hydrogens (tertiary/aromatic N) is 3. The molecule has 1 aliphatic rings. The van der Waals surface area contributed by atoms with Crippen molar-refractivity contribution in [2.45, 2.75) is 25.3 Å². The number of carbonyl (C=O) groups excluding carboxylic acids is 2. The zero-order chi connectivity index (χ0) is 19.8. The van der Waals surface area contributed by atoms with Crippen molar-refractivity contribution >= 4 is 34.9 Å². The molecule has 0 aliphatic carbocycles. The van der Waals surface area contributed by atoms with E-state index in [1.54, 1.807) is 7.05 Å². The molecule has 1 aromatic heterocycles. The van der Waals surface area contributed by atoms with Crippen LogP contribution in [-0.4, -0.2) is 34.6 Å². The maximum atomic E-state index is 12.6. The molecule has 1 atom stereocenters. The molecule has 7 nitrogen and oxygen atoms in total. The minimum Gasteiger partial charge on any atom is -0.397 e. The molecule has 2 aromatic rings. The van der Waals surface area contributed by atoms with Crippen molar-refractivity contribution in [3.63, 3.8) is 0 Å². The molecule has 3 rings (SSSR count). The van der Waals surface area contributed by atoms with Gasteiger partial charge in [0.1, 0.15) is 5.69 Å². The lowest BCUT2D eigenvalue weighted by Crippen LogP contribution is -2.47. The van der Waals surface area contributed by atoms with Crippen LogP contribution >= 0.6 is 11.6 Å². The maximum Gasteiger partial charge on any atom is 0.231 e. The lowest BCUT2D eigenvalue weighted by molar-refractivity contribution is -0.128. The minimum absolute atomic E-state index is 0.107. The number of nitrogens with two attached hydrogens (primary N) is 2. The van der Waals surface area contributed by atoms with Crippen molar-refractivity contribution in [2.24, 2.45) is 10.7 Å². The van der Waals surface area contributed by atoms with Gasteiger partial charge < -0.3 is 11.5 Å². The van der Waals surface area contributed by atoms with Gasteiger partial charge in [0.15, 0.2) is 11.7 Å². The summed E-state index contributed by atoms with van der Waals surface area (Å²) < 4.78 is 0. The summed E-state index contributed by atoms with van der Waals surface area (Å²) in [5.41, 5.74) is 13.0. The number of anilines is 1. The highest BCUT2D eigenvalue weighted by Gasteiger charge is 2.36. The Morgan fingerprint density at radius 2 is 2.07 bits per heavy atom. The quantitative estimate of drug-likeness (QED) is 0.782. The van der Waals surface area contributed by atoms with Gasteiger partial charge >= 0.3 is 0 Å². The molecule has 1 aliphatic heterocycles. The Hall–Kier alpha value is -2.93. The third-order valence-electron chi connectivity index (χ3n) is 4.64. The van der Waals surface area contributed by atoms with Crippen LogP contribution < -0.4 is 11.5 Å². The number of pyridine rings is 1. The molecular formula is C19H20ClN5O2. The summed E-state index contributed by atoms with van der Waals surface area (Å²) in [7, 11) is 1.60. The lowest BCUT2D eigenvalue weighted by atomic mass is 9.86. The molecule has 0 saturated carbocycles. The van der Waals surface area contributed by atoms with Crippen LogP contribution in [0.15, 0.2) is 41.5 Å².